The molecule has 1 aromatic carbocycles. The highest BCUT2D eigenvalue weighted by atomic mass is 16.5. The van der Waals surface area contributed by atoms with E-state index in [-0.39, 0.29) is 13.4 Å². The minimum atomic E-state index is -0.108. The van der Waals surface area contributed by atoms with Crippen LogP contribution in [0.4, 0.5) is 0 Å². The normalized spacial score (nSPS) is 16.5. The van der Waals surface area contributed by atoms with Gasteiger partial charge in [0.2, 0.25) is 0 Å². The summed E-state index contributed by atoms with van der Waals surface area (Å²) >= 11 is 0. The van der Waals surface area contributed by atoms with Crippen molar-refractivity contribution in [1.82, 2.24) is 24.8 Å². The molecule has 8 heteroatoms. The molecule has 0 atom stereocenters. The molecule has 2 aromatic heterocycles. The van der Waals surface area contributed by atoms with Gasteiger partial charge in [-0.3, -0.25) is 4.79 Å². The number of hydrogen-bond acceptors (Lipinski definition) is 6. The smallest absolute Gasteiger partial charge is 0.270 e. The summed E-state index contributed by atoms with van der Waals surface area (Å²) in [5.41, 5.74) is 2.18. The third kappa shape index (κ3) is 5.50. The molecular weight excluding hydrogens is 406 g/mol. The molecule has 0 bridgehead atoms. The summed E-state index contributed by atoms with van der Waals surface area (Å²) in [6.45, 7) is 1.47. The fourth-order valence-electron chi connectivity index (χ4n) is 3.71. The number of ether oxygens (including phenoxy) is 1. The number of aromatic hydroxyl groups is 1. The van der Waals surface area contributed by atoms with E-state index in [9.17, 15) is 4.79 Å². The van der Waals surface area contributed by atoms with Crippen molar-refractivity contribution in [2.45, 2.75) is 44.1 Å². The van der Waals surface area contributed by atoms with Crippen LogP contribution in [0.5, 0.6) is 5.75 Å². The lowest BCUT2D eigenvalue weighted by Crippen LogP contribution is -2.40. The Labute approximate surface area is 189 Å². The van der Waals surface area contributed by atoms with Crippen molar-refractivity contribution in [2.75, 3.05) is 13.2 Å². The molecule has 0 unspecified atom stereocenters. The van der Waals surface area contributed by atoms with Crippen molar-refractivity contribution in [2.24, 2.45) is 7.05 Å². The molecule has 5 rings (SSSR count). The summed E-state index contributed by atoms with van der Waals surface area (Å²) in [6.07, 6.45) is 8.58. The number of imidazole rings is 1. The minimum absolute atomic E-state index is 0. The van der Waals surface area contributed by atoms with Gasteiger partial charge in [-0.1, -0.05) is 18.2 Å². The van der Waals surface area contributed by atoms with E-state index in [0.29, 0.717) is 23.2 Å². The van der Waals surface area contributed by atoms with Crippen LogP contribution in [0.15, 0.2) is 48.9 Å². The molecule has 2 fully saturated rings. The highest BCUT2D eigenvalue weighted by Crippen LogP contribution is 2.28. The van der Waals surface area contributed by atoms with Gasteiger partial charge in [-0.2, -0.15) is 0 Å². The van der Waals surface area contributed by atoms with Crippen molar-refractivity contribution in [3.8, 4) is 17.3 Å². The predicted octanol–water partition coefficient (Wildman–Crippen LogP) is 3.69. The molecule has 1 amide bonds. The summed E-state index contributed by atoms with van der Waals surface area (Å²) in [6, 6.07) is 10.8. The van der Waals surface area contributed by atoms with E-state index in [1.165, 1.54) is 6.42 Å². The molecular formula is C24H31N5O3. The van der Waals surface area contributed by atoms with E-state index in [0.717, 1.165) is 50.3 Å². The van der Waals surface area contributed by atoms with Crippen LogP contribution in [-0.2, 0) is 11.8 Å². The molecule has 1 aliphatic carbocycles. The second kappa shape index (κ2) is 10.4. The van der Waals surface area contributed by atoms with Crippen LogP contribution >= 0.6 is 0 Å². The molecule has 3 heterocycles. The molecule has 0 radical (unpaired) electrons. The van der Waals surface area contributed by atoms with Crippen molar-refractivity contribution in [3.63, 3.8) is 0 Å². The van der Waals surface area contributed by atoms with Crippen LogP contribution in [0.2, 0.25) is 0 Å². The number of aryl methyl sites for hydroxylation is 1. The first-order valence-corrected chi connectivity index (χ1v) is 11.1. The molecule has 2 N–H and O–H groups in total. The predicted molar refractivity (Wildman–Crippen MR) is 122 cm³/mol. The van der Waals surface area contributed by atoms with E-state index >= 15 is 0 Å². The number of benzene rings is 1. The Hall–Kier alpha value is -3.26. The van der Waals surface area contributed by atoms with Crippen LogP contribution in [0.1, 0.15) is 55.6 Å². The first-order chi connectivity index (χ1) is 15.6. The number of carbonyl (C=O) groups excluding carboxylic acids is 1. The topological polar surface area (TPSA) is 102 Å². The maximum atomic E-state index is 12.6. The van der Waals surface area contributed by atoms with E-state index < -0.39 is 0 Å². The number of para-hydroxylation sites is 1. The van der Waals surface area contributed by atoms with E-state index in [1.807, 2.05) is 23.7 Å². The van der Waals surface area contributed by atoms with Gasteiger partial charge in [0.05, 0.1) is 12.5 Å². The second-order valence-electron chi connectivity index (χ2n) is 8.21. The van der Waals surface area contributed by atoms with Gasteiger partial charge in [0.25, 0.3) is 5.91 Å². The average molecular weight is 438 g/mol. The van der Waals surface area contributed by atoms with E-state index in [4.69, 9.17) is 14.8 Å². The molecule has 3 aromatic rings. The maximum absolute atomic E-state index is 12.6. The zero-order valence-electron chi connectivity index (χ0n) is 18.3. The summed E-state index contributed by atoms with van der Waals surface area (Å²) in [5.74, 6) is 1.08. The Morgan fingerprint density at radius 1 is 1.16 bits per heavy atom. The Morgan fingerprint density at radius 3 is 2.47 bits per heavy atom. The molecule has 1 saturated carbocycles. The zero-order chi connectivity index (χ0) is 22.3. The molecule has 2 aliphatic rings. The fraction of sp³-hybridized carbons (Fsp3) is 0.417. The Balaban J connectivity index is 0.000000330. The van der Waals surface area contributed by atoms with Crippen LogP contribution < -0.4 is 5.32 Å². The first-order valence-electron chi connectivity index (χ1n) is 11.1. The Morgan fingerprint density at radius 2 is 1.91 bits per heavy atom. The molecule has 1 aliphatic heterocycles. The molecule has 1 saturated heterocycles. The van der Waals surface area contributed by atoms with E-state index in [1.54, 1.807) is 36.8 Å². The number of aromatic nitrogens is 4. The van der Waals surface area contributed by atoms with Crippen molar-refractivity contribution in [3.05, 3.63) is 60.3 Å². The largest absolute Gasteiger partial charge is 0.508 e. The Kier molecular flexibility index (Phi) is 7.11. The second-order valence-corrected chi connectivity index (χ2v) is 8.21. The van der Waals surface area contributed by atoms with Gasteiger partial charge < -0.3 is 19.7 Å². The number of nitrogens with zero attached hydrogens (tertiary/aromatic N) is 4. The number of phenolic OH excluding ortho intramolecular Hbond substituents is 1. The van der Waals surface area contributed by atoms with Gasteiger partial charge in [-0.15, -0.1) is 0 Å². The van der Waals surface area contributed by atoms with Crippen LogP contribution in [-0.4, -0.2) is 49.8 Å². The number of hydrogen-bond donors (Lipinski definition) is 2. The van der Waals surface area contributed by atoms with Crippen LogP contribution in [0.3, 0.4) is 0 Å². The highest BCUT2D eigenvalue weighted by Gasteiger charge is 2.24. The highest BCUT2D eigenvalue weighted by molar-refractivity contribution is 5.93. The molecule has 8 nitrogen and oxygen atoms in total. The van der Waals surface area contributed by atoms with Crippen molar-refractivity contribution >= 4 is 5.91 Å². The summed E-state index contributed by atoms with van der Waals surface area (Å²) < 4.78 is 7.33. The lowest BCUT2D eigenvalue weighted by Gasteiger charge is -2.26. The fourth-order valence-corrected chi connectivity index (χ4v) is 3.71. The van der Waals surface area contributed by atoms with Crippen LogP contribution in [0.25, 0.3) is 11.5 Å². The van der Waals surface area contributed by atoms with Gasteiger partial charge in [0.15, 0.2) is 5.82 Å². The Bertz CT molecular complexity index is 1030. The number of nitrogens with one attached hydrogen (secondary N) is 1. The third-order valence-electron chi connectivity index (χ3n) is 5.86. The average Bonchev–Trinajstić information content (AvgIpc) is 3.23. The maximum Gasteiger partial charge on any atom is 0.270 e. The van der Waals surface area contributed by atoms with Gasteiger partial charge in [0.1, 0.15) is 17.1 Å². The summed E-state index contributed by atoms with van der Waals surface area (Å²) in [5, 5.41) is 11.7. The van der Waals surface area contributed by atoms with Gasteiger partial charge in [-0.05, 0) is 50.3 Å². The van der Waals surface area contributed by atoms with Crippen LogP contribution in [0, 0.1) is 0 Å². The number of rotatable bonds is 4. The zero-order valence-corrected chi connectivity index (χ0v) is 18.3. The van der Waals surface area contributed by atoms with Gasteiger partial charge >= 0.3 is 0 Å². The number of carbonyl (C=O) groups is 1. The summed E-state index contributed by atoms with van der Waals surface area (Å²) in [4.78, 5) is 26.1. The van der Waals surface area contributed by atoms with Crippen molar-refractivity contribution < 1.29 is 16.1 Å². The molecule has 0 spiro atoms. The lowest BCUT2D eigenvalue weighted by molar-refractivity contribution is 0.0844. The SMILES string of the molecule is Cn1cncc1-c1nc(C(=O)NC2CCC2)cc(C2CCOCC2)n1.Oc1ccccc1.[HH]. The lowest BCUT2D eigenvalue weighted by atomic mass is 9.93. The molecule has 170 valence electrons. The monoisotopic (exact) mass is 437 g/mol. The third-order valence-corrected chi connectivity index (χ3v) is 5.86. The molecule has 32 heavy (non-hydrogen) atoms. The number of phenols is 1. The van der Waals surface area contributed by atoms with Gasteiger partial charge in [-0.25, -0.2) is 15.0 Å². The first kappa shape index (κ1) is 22.0. The van der Waals surface area contributed by atoms with Gasteiger partial charge in [0, 0.05) is 39.3 Å². The standard InChI is InChI=1S/C18H23N5O2.C6H6O.H2/c1-23-11-19-10-16(23)17-21-14(12-5-7-25-8-6-12)9-15(22-17)18(24)20-13-3-2-4-13;7-6-4-2-1-3-5-6;/h9-13H,2-8H2,1H3,(H,20,24);1-5,7H;1H. The number of amides is 1. The van der Waals surface area contributed by atoms with E-state index in [2.05, 4.69) is 15.3 Å². The quantitative estimate of drug-likeness (QED) is 0.645. The summed E-state index contributed by atoms with van der Waals surface area (Å²) in [7, 11) is 1.90. The van der Waals surface area contributed by atoms with Crippen molar-refractivity contribution in [1.29, 1.82) is 0 Å². The minimum Gasteiger partial charge on any atom is -0.508 e.